The van der Waals surface area contributed by atoms with Crippen molar-refractivity contribution in [2.45, 2.75) is 111 Å². The van der Waals surface area contributed by atoms with Gasteiger partial charge in [-0.15, -0.1) is 0 Å². The van der Waals surface area contributed by atoms with E-state index in [1.807, 2.05) is 0 Å². The van der Waals surface area contributed by atoms with Gasteiger partial charge in [-0.3, -0.25) is 0 Å². The van der Waals surface area contributed by atoms with Crippen LogP contribution in [0.2, 0.25) is 0 Å². The van der Waals surface area contributed by atoms with Crippen LogP contribution in [-0.4, -0.2) is 36.4 Å². The Morgan fingerprint density at radius 1 is 0.967 bits per heavy atom. The summed E-state index contributed by atoms with van der Waals surface area (Å²) in [6.45, 7) is 16.7. The van der Waals surface area contributed by atoms with Crippen molar-refractivity contribution in [3.05, 3.63) is 0 Å². The van der Waals surface area contributed by atoms with Crippen molar-refractivity contribution in [3.63, 3.8) is 0 Å². The lowest BCUT2D eigenvalue weighted by atomic mass is 9.43. The second kappa shape index (κ2) is 6.94. The highest BCUT2D eigenvalue weighted by Gasteiger charge is 2.81. The van der Waals surface area contributed by atoms with Gasteiger partial charge in [0, 0.05) is 18.0 Å². The van der Waals surface area contributed by atoms with Crippen molar-refractivity contribution < 1.29 is 5.11 Å². The SMILES string of the molecule is CCNC(C)C1C(O)CC2(C)C3CCC4C(C)C(NCC)CCC45CC35CCC12C. The lowest BCUT2D eigenvalue weighted by Crippen LogP contribution is -2.58. The highest BCUT2D eigenvalue weighted by atomic mass is 16.3. The molecule has 5 fully saturated rings. The Hall–Kier alpha value is -0.120. The average Bonchev–Trinajstić information content (AvgIpc) is 3.30. The third-order valence-electron chi connectivity index (χ3n) is 12.3. The van der Waals surface area contributed by atoms with E-state index in [1.54, 1.807) is 0 Å². The van der Waals surface area contributed by atoms with Crippen LogP contribution in [0.15, 0.2) is 0 Å². The van der Waals surface area contributed by atoms with E-state index in [2.05, 4.69) is 52.2 Å². The molecule has 0 heterocycles. The molecule has 0 aromatic heterocycles. The molecule has 0 amide bonds. The molecule has 11 unspecified atom stereocenters. The molecule has 3 N–H and O–H groups in total. The number of aliphatic hydroxyl groups is 1. The van der Waals surface area contributed by atoms with Crippen LogP contribution < -0.4 is 10.6 Å². The fraction of sp³-hybridized carbons (Fsp3) is 1.00. The molecule has 30 heavy (non-hydrogen) atoms. The molecule has 0 aromatic carbocycles. The van der Waals surface area contributed by atoms with Gasteiger partial charge in [0.25, 0.3) is 0 Å². The summed E-state index contributed by atoms with van der Waals surface area (Å²) in [5, 5.41) is 18.9. The molecule has 0 aliphatic heterocycles. The average molecular weight is 417 g/mol. The zero-order chi connectivity index (χ0) is 21.5. The standard InChI is InChI=1S/C27H48N2O/c1-7-28-18(4)23-21(30)15-25(6)22-10-9-19-17(3)20(29-8-2)11-12-26(19)16-27(22,26)14-13-24(23,25)5/h17-23,28-30H,7-16H2,1-6H3. The molecular formula is C27H48N2O. The van der Waals surface area contributed by atoms with E-state index in [-0.39, 0.29) is 11.5 Å². The van der Waals surface area contributed by atoms with Crippen LogP contribution in [0.1, 0.15) is 92.9 Å². The molecule has 5 saturated carbocycles. The van der Waals surface area contributed by atoms with Gasteiger partial charge in [-0.05, 0) is 111 Å². The summed E-state index contributed by atoms with van der Waals surface area (Å²) in [7, 11) is 0. The Bertz CT molecular complexity index is 682. The summed E-state index contributed by atoms with van der Waals surface area (Å²) in [4.78, 5) is 0. The van der Waals surface area contributed by atoms with E-state index in [4.69, 9.17) is 0 Å². The van der Waals surface area contributed by atoms with E-state index >= 15 is 0 Å². The molecule has 11 atom stereocenters. The number of rotatable bonds is 5. The molecule has 5 rings (SSSR count). The Kier molecular flexibility index (Phi) is 5.02. The second-order valence-corrected chi connectivity index (χ2v) is 12.8. The van der Waals surface area contributed by atoms with E-state index in [9.17, 15) is 5.11 Å². The van der Waals surface area contributed by atoms with Gasteiger partial charge < -0.3 is 15.7 Å². The van der Waals surface area contributed by atoms with Crippen LogP contribution in [-0.2, 0) is 0 Å². The maximum Gasteiger partial charge on any atom is 0.0594 e. The van der Waals surface area contributed by atoms with Gasteiger partial charge in [0.2, 0.25) is 0 Å². The number of nitrogens with one attached hydrogen (secondary N) is 2. The van der Waals surface area contributed by atoms with E-state index in [0.717, 1.165) is 43.3 Å². The number of hydrogen-bond acceptors (Lipinski definition) is 3. The topological polar surface area (TPSA) is 44.3 Å². The molecule has 0 bridgehead atoms. The van der Waals surface area contributed by atoms with Gasteiger partial charge in [0.1, 0.15) is 0 Å². The molecule has 0 saturated heterocycles. The maximum atomic E-state index is 11.4. The summed E-state index contributed by atoms with van der Waals surface area (Å²) in [5.74, 6) is 2.99. The molecule has 2 spiro atoms. The summed E-state index contributed by atoms with van der Waals surface area (Å²) in [6.07, 6.45) is 10.9. The minimum absolute atomic E-state index is 0.139. The summed E-state index contributed by atoms with van der Waals surface area (Å²) in [6, 6.07) is 1.15. The summed E-state index contributed by atoms with van der Waals surface area (Å²) in [5.41, 5.74) is 1.82. The highest BCUT2D eigenvalue weighted by molar-refractivity contribution is 5.30. The van der Waals surface area contributed by atoms with Gasteiger partial charge in [-0.25, -0.2) is 0 Å². The number of hydrogen-bond donors (Lipinski definition) is 3. The molecule has 5 aliphatic carbocycles. The zero-order valence-electron chi connectivity index (χ0n) is 20.6. The fourth-order valence-electron chi connectivity index (χ4n) is 11.0. The smallest absolute Gasteiger partial charge is 0.0594 e. The van der Waals surface area contributed by atoms with Crippen LogP contribution in [0.4, 0.5) is 0 Å². The predicted octanol–water partition coefficient (Wildman–Crippen LogP) is 4.98. The van der Waals surface area contributed by atoms with Crippen molar-refractivity contribution in [1.29, 1.82) is 0 Å². The fourth-order valence-corrected chi connectivity index (χ4v) is 11.0. The quantitative estimate of drug-likeness (QED) is 0.592. The molecule has 172 valence electrons. The molecule has 5 aliphatic rings. The molecule has 3 heteroatoms. The first-order valence-electron chi connectivity index (χ1n) is 13.4. The Labute approximate surface area is 185 Å². The third-order valence-corrected chi connectivity index (χ3v) is 12.3. The molecule has 0 radical (unpaired) electrons. The van der Waals surface area contributed by atoms with Crippen LogP contribution in [0.5, 0.6) is 0 Å². The summed E-state index contributed by atoms with van der Waals surface area (Å²) < 4.78 is 0. The summed E-state index contributed by atoms with van der Waals surface area (Å²) >= 11 is 0. The third kappa shape index (κ3) is 2.44. The van der Waals surface area contributed by atoms with Crippen molar-refractivity contribution in [2.24, 2.45) is 45.3 Å². The Morgan fingerprint density at radius 2 is 1.73 bits per heavy atom. The van der Waals surface area contributed by atoms with Gasteiger partial charge in [-0.2, -0.15) is 0 Å². The Balaban J connectivity index is 1.45. The second-order valence-electron chi connectivity index (χ2n) is 12.8. The van der Waals surface area contributed by atoms with Crippen LogP contribution in [0, 0.1) is 45.3 Å². The van der Waals surface area contributed by atoms with Crippen molar-refractivity contribution in [2.75, 3.05) is 13.1 Å². The normalized spacial score (nSPS) is 57.7. The minimum atomic E-state index is -0.139. The van der Waals surface area contributed by atoms with Gasteiger partial charge >= 0.3 is 0 Å². The van der Waals surface area contributed by atoms with E-state index in [0.29, 0.717) is 28.2 Å². The zero-order valence-corrected chi connectivity index (χ0v) is 20.6. The minimum Gasteiger partial charge on any atom is -0.393 e. The van der Waals surface area contributed by atoms with Gasteiger partial charge in [0.05, 0.1) is 6.10 Å². The first kappa shape index (κ1) is 21.7. The monoisotopic (exact) mass is 416 g/mol. The molecular weight excluding hydrogens is 368 g/mol. The van der Waals surface area contributed by atoms with Crippen LogP contribution >= 0.6 is 0 Å². The lowest BCUT2D eigenvalue weighted by Gasteiger charge is -2.62. The first-order chi connectivity index (χ1) is 14.2. The molecule has 0 aromatic rings. The Morgan fingerprint density at radius 3 is 2.43 bits per heavy atom. The van der Waals surface area contributed by atoms with E-state index in [1.165, 1.54) is 44.9 Å². The van der Waals surface area contributed by atoms with Crippen LogP contribution in [0.25, 0.3) is 0 Å². The number of aliphatic hydroxyl groups excluding tert-OH is 1. The van der Waals surface area contributed by atoms with Gasteiger partial charge in [0.15, 0.2) is 0 Å². The lowest BCUT2D eigenvalue weighted by molar-refractivity contribution is -0.132. The van der Waals surface area contributed by atoms with E-state index < -0.39 is 0 Å². The van der Waals surface area contributed by atoms with Gasteiger partial charge in [-0.1, -0.05) is 34.6 Å². The largest absolute Gasteiger partial charge is 0.393 e. The van der Waals surface area contributed by atoms with Crippen LogP contribution in [0.3, 0.4) is 0 Å². The predicted molar refractivity (Wildman–Crippen MR) is 124 cm³/mol. The van der Waals surface area contributed by atoms with Crippen molar-refractivity contribution in [3.8, 4) is 0 Å². The first-order valence-corrected chi connectivity index (χ1v) is 13.4. The highest BCUT2D eigenvalue weighted by Crippen LogP contribution is 2.88. The maximum absolute atomic E-state index is 11.4. The van der Waals surface area contributed by atoms with Crippen molar-refractivity contribution >= 4 is 0 Å². The van der Waals surface area contributed by atoms with Crippen molar-refractivity contribution in [1.82, 2.24) is 10.6 Å². The molecule has 3 nitrogen and oxygen atoms in total. The number of fused-ring (bicyclic) bond motifs is 2.